The molecule has 1 aromatic rings. The van der Waals surface area contributed by atoms with Gasteiger partial charge in [-0.3, -0.25) is 24.1 Å². The van der Waals surface area contributed by atoms with Gasteiger partial charge in [-0.25, -0.2) is 0 Å². The SMILES string of the molecule is COc1ccc(C2C3C(=O)N(C)C(=O)C3ON2CC(N)=O)cc1O. The third kappa shape index (κ3) is 2.38. The molecule has 3 unspecified atom stereocenters. The van der Waals surface area contributed by atoms with Crippen molar-refractivity contribution in [2.45, 2.75) is 12.1 Å². The van der Waals surface area contributed by atoms with E-state index in [-0.39, 0.29) is 18.0 Å². The van der Waals surface area contributed by atoms with Crippen molar-refractivity contribution in [2.24, 2.45) is 11.7 Å². The van der Waals surface area contributed by atoms with Crippen LogP contribution >= 0.6 is 0 Å². The number of fused-ring (bicyclic) bond motifs is 1. The number of carbonyl (C=O) groups excluding carboxylic acids is 3. The minimum Gasteiger partial charge on any atom is -0.504 e. The topological polar surface area (TPSA) is 122 Å². The van der Waals surface area contributed by atoms with E-state index in [4.69, 9.17) is 15.3 Å². The summed E-state index contributed by atoms with van der Waals surface area (Å²) < 4.78 is 5.00. The number of amides is 3. The maximum absolute atomic E-state index is 12.4. The Hall–Kier alpha value is -2.65. The second-order valence-electron chi connectivity index (χ2n) is 5.70. The van der Waals surface area contributed by atoms with Gasteiger partial charge in [-0.05, 0) is 17.7 Å². The van der Waals surface area contributed by atoms with E-state index in [1.165, 1.54) is 31.4 Å². The van der Waals surface area contributed by atoms with Crippen molar-refractivity contribution in [1.29, 1.82) is 0 Å². The first kappa shape index (κ1) is 16.2. The van der Waals surface area contributed by atoms with Crippen LogP contribution in [0.5, 0.6) is 11.5 Å². The summed E-state index contributed by atoms with van der Waals surface area (Å²) in [5.74, 6) is -2.21. The lowest BCUT2D eigenvalue weighted by Crippen LogP contribution is -2.38. The maximum Gasteiger partial charge on any atom is 0.261 e. The van der Waals surface area contributed by atoms with E-state index in [9.17, 15) is 19.5 Å². The van der Waals surface area contributed by atoms with Crippen LogP contribution in [0.3, 0.4) is 0 Å². The molecule has 0 bridgehead atoms. The van der Waals surface area contributed by atoms with Crippen LogP contribution in [0, 0.1) is 5.92 Å². The molecule has 2 aliphatic rings. The molecule has 1 aromatic carbocycles. The zero-order chi connectivity index (χ0) is 17.6. The summed E-state index contributed by atoms with van der Waals surface area (Å²) in [7, 11) is 2.80. The average Bonchev–Trinajstić information content (AvgIpc) is 2.99. The second kappa shape index (κ2) is 5.77. The molecule has 3 amide bonds. The molecule has 0 radical (unpaired) electrons. The molecule has 3 N–H and O–H groups in total. The first-order chi connectivity index (χ1) is 11.3. The number of imide groups is 1. The van der Waals surface area contributed by atoms with Gasteiger partial charge in [0.2, 0.25) is 11.8 Å². The number of aromatic hydroxyl groups is 1. The predicted octanol–water partition coefficient (Wildman–Crippen LogP) is -0.842. The third-order valence-electron chi connectivity index (χ3n) is 4.27. The number of nitrogens with two attached hydrogens (primary N) is 1. The van der Waals surface area contributed by atoms with Gasteiger partial charge in [0.15, 0.2) is 17.6 Å². The number of carbonyl (C=O) groups is 3. The maximum atomic E-state index is 12.4. The summed E-state index contributed by atoms with van der Waals surface area (Å²) in [5.41, 5.74) is 5.74. The van der Waals surface area contributed by atoms with Crippen molar-refractivity contribution in [3.63, 3.8) is 0 Å². The van der Waals surface area contributed by atoms with Crippen molar-refractivity contribution < 1.29 is 29.1 Å². The minimum absolute atomic E-state index is 0.123. The number of benzene rings is 1. The number of rotatable bonds is 4. The lowest BCUT2D eigenvalue weighted by atomic mass is 9.90. The number of phenols is 1. The summed E-state index contributed by atoms with van der Waals surface area (Å²) in [4.78, 5) is 42.4. The van der Waals surface area contributed by atoms with Gasteiger partial charge in [0.1, 0.15) is 6.54 Å². The number of primary amides is 1. The normalized spacial score (nSPS) is 26.8. The van der Waals surface area contributed by atoms with Crippen molar-refractivity contribution in [3.8, 4) is 11.5 Å². The first-order valence-corrected chi connectivity index (χ1v) is 7.25. The molecule has 0 aromatic heterocycles. The van der Waals surface area contributed by atoms with E-state index in [1.54, 1.807) is 6.07 Å². The molecular weight excluding hydrogens is 318 g/mol. The predicted molar refractivity (Wildman–Crippen MR) is 79.4 cm³/mol. The van der Waals surface area contributed by atoms with Gasteiger partial charge < -0.3 is 15.6 Å². The largest absolute Gasteiger partial charge is 0.504 e. The van der Waals surface area contributed by atoms with E-state index in [2.05, 4.69) is 0 Å². The summed E-state index contributed by atoms with van der Waals surface area (Å²) >= 11 is 0. The van der Waals surface area contributed by atoms with Crippen molar-refractivity contribution in [2.75, 3.05) is 20.7 Å². The van der Waals surface area contributed by atoms with E-state index in [0.29, 0.717) is 5.56 Å². The Morgan fingerprint density at radius 3 is 2.67 bits per heavy atom. The van der Waals surface area contributed by atoms with Gasteiger partial charge >= 0.3 is 0 Å². The van der Waals surface area contributed by atoms with Crippen LogP contribution in [0.4, 0.5) is 0 Å². The molecule has 24 heavy (non-hydrogen) atoms. The number of hydrogen-bond acceptors (Lipinski definition) is 7. The fraction of sp³-hybridized carbons (Fsp3) is 0.400. The molecule has 9 heteroatoms. The minimum atomic E-state index is -1.00. The Morgan fingerprint density at radius 1 is 1.38 bits per heavy atom. The molecule has 2 fully saturated rings. The Kier molecular flexibility index (Phi) is 3.90. The second-order valence-corrected chi connectivity index (χ2v) is 5.70. The van der Waals surface area contributed by atoms with Gasteiger partial charge in [0.25, 0.3) is 5.91 Å². The number of hydroxylamine groups is 2. The number of methoxy groups -OCH3 is 1. The number of phenolic OH excluding ortho intramolecular Hbond substituents is 1. The first-order valence-electron chi connectivity index (χ1n) is 7.25. The summed E-state index contributed by atoms with van der Waals surface area (Å²) in [6.45, 7) is -0.283. The van der Waals surface area contributed by atoms with Crippen molar-refractivity contribution in [3.05, 3.63) is 23.8 Å². The molecule has 0 saturated carbocycles. The lowest BCUT2D eigenvalue weighted by Gasteiger charge is -2.25. The molecule has 2 heterocycles. The molecule has 128 valence electrons. The summed E-state index contributed by atoms with van der Waals surface area (Å²) in [6, 6.07) is 3.87. The molecule has 0 spiro atoms. The van der Waals surface area contributed by atoms with Crippen LogP contribution in [-0.2, 0) is 19.2 Å². The van der Waals surface area contributed by atoms with E-state index in [0.717, 1.165) is 4.90 Å². The number of nitrogens with zero attached hydrogens (tertiary/aromatic N) is 2. The van der Waals surface area contributed by atoms with Gasteiger partial charge in [-0.1, -0.05) is 6.07 Å². The Bertz CT molecular complexity index is 721. The quantitative estimate of drug-likeness (QED) is 0.688. The molecule has 2 aliphatic heterocycles. The molecule has 0 aliphatic carbocycles. The van der Waals surface area contributed by atoms with Gasteiger partial charge in [-0.15, -0.1) is 0 Å². The molecular formula is C15H17N3O6. The van der Waals surface area contributed by atoms with Crippen LogP contribution in [0.1, 0.15) is 11.6 Å². The molecule has 3 rings (SSSR count). The zero-order valence-electron chi connectivity index (χ0n) is 13.1. The zero-order valence-corrected chi connectivity index (χ0v) is 13.1. The number of ether oxygens (including phenoxy) is 1. The van der Waals surface area contributed by atoms with E-state index in [1.807, 2.05) is 0 Å². The summed E-state index contributed by atoms with van der Waals surface area (Å²) in [6.07, 6.45) is -1.00. The van der Waals surface area contributed by atoms with Crippen LogP contribution in [0.25, 0.3) is 0 Å². The fourth-order valence-electron chi connectivity index (χ4n) is 3.16. The van der Waals surface area contributed by atoms with Gasteiger partial charge in [0, 0.05) is 7.05 Å². The highest BCUT2D eigenvalue weighted by Gasteiger charge is 2.58. The Morgan fingerprint density at radius 2 is 2.08 bits per heavy atom. The van der Waals surface area contributed by atoms with Crippen molar-refractivity contribution in [1.82, 2.24) is 9.96 Å². The molecule has 2 saturated heterocycles. The van der Waals surface area contributed by atoms with Crippen LogP contribution < -0.4 is 10.5 Å². The van der Waals surface area contributed by atoms with Crippen LogP contribution in [-0.4, -0.2) is 59.6 Å². The van der Waals surface area contributed by atoms with E-state index >= 15 is 0 Å². The van der Waals surface area contributed by atoms with Crippen LogP contribution in [0.15, 0.2) is 18.2 Å². The smallest absolute Gasteiger partial charge is 0.261 e. The van der Waals surface area contributed by atoms with Gasteiger partial charge in [-0.2, -0.15) is 5.06 Å². The number of hydrogen-bond donors (Lipinski definition) is 2. The number of likely N-dealkylation sites (N-methyl/N-ethyl adjacent to an activating group) is 1. The molecule has 9 nitrogen and oxygen atoms in total. The van der Waals surface area contributed by atoms with E-state index < -0.39 is 35.8 Å². The Labute approximate surface area is 137 Å². The fourth-order valence-corrected chi connectivity index (χ4v) is 3.16. The highest BCUT2D eigenvalue weighted by molar-refractivity contribution is 6.07. The highest BCUT2D eigenvalue weighted by Crippen LogP contribution is 2.45. The highest BCUT2D eigenvalue weighted by atomic mass is 16.7. The monoisotopic (exact) mass is 335 g/mol. The Balaban J connectivity index is 2.03. The number of likely N-dealkylation sites (tertiary alicyclic amines) is 1. The third-order valence-corrected chi connectivity index (χ3v) is 4.27. The van der Waals surface area contributed by atoms with Crippen molar-refractivity contribution >= 4 is 17.7 Å². The van der Waals surface area contributed by atoms with Crippen LogP contribution in [0.2, 0.25) is 0 Å². The van der Waals surface area contributed by atoms with Gasteiger partial charge in [0.05, 0.1) is 19.1 Å². The molecule has 3 atom stereocenters. The lowest BCUT2D eigenvalue weighted by molar-refractivity contribution is -0.181. The summed E-state index contributed by atoms with van der Waals surface area (Å²) in [5, 5.41) is 11.2. The average molecular weight is 335 g/mol. The standard InChI is InChI=1S/C15H17N3O6/c1-17-14(21)11-12(7-3-4-9(23-2)8(19)5-7)18(6-10(16)20)24-13(11)15(17)22/h3-5,11-13,19H,6H2,1-2H3,(H2,16,20).